The van der Waals surface area contributed by atoms with Crippen molar-refractivity contribution in [3.8, 4) is 5.75 Å². The van der Waals surface area contributed by atoms with Gasteiger partial charge in [-0.15, -0.1) is 0 Å². The van der Waals surface area contributed by atoms with E-state index in [2.05, 4.69) is 11.9 Å². The second kappa shape index (κ2) is 11.9. The van der Waals surface area contributed by atoms with Crippen molar-refractivity contribution in [3.63, 3.8) is 0 Å². The zero-order valence-electron chi connectivity index (χ0n) is 19.1. The maximum Gasteiger partial charge on any atom is 0.332 e. The van der Waals surface area contributed by atoms with Gasteiger partial charge in [0.2, 0.25) is 0 Å². The molecule has 3 aromatic rings. The highest BCUT2D eigenvalue weighted by Gasteiger charge is 2.15. The number of unbranched alkanes of at least 4 members (excludes halogenated alkanes) is 6. The summed E-state index contributed by atoms with van der Waals surface area (Å²) >= 11 is 5.87. The molecule has 174 valence electrons. The van der Waals surface area contributed by atoms with Gasteiger partial charge in [-0.05, 0) is 43.5 Å². The van der Waals surface area contributed by atoms with Crippen LogP contribution in [-0.2, 0) is 20.1 Å². The summed E-state index contributed by atoms with van der Waals surface area (Å²) in [7, 11) is 1.68. The van der Waals surface area contributed by atoms with E-state index in [4.69, 9.17) is 16.3 Å². The van der Waals surface area contributed by atoms with Crippen LogP contribution in [0.15, 0.2) is 40.2 Å². The van der Waals surface area contributed by atoms with E-state index in [-0.39, 0.29) is 11.2 Å². The lowest BCUT2D eigenvalue weighted by atomic mass is 10.2. The summed E-state index contributed by atoms with van der Waals surface area (Å²) in [5.74, 6) is 0.809. The van der Waals surface area contributed by atoms with Crippen molar-refractivity contribution in [2.75, 3.05) is 6.61 Å². The van der Waals surface area contributed by atoms with Crippen LogP contribution in [0.5, 0.6) is 5.75 Å². The lowest BCUT2D eigenvalue weighted by molar-refractivity contribution is 0.304. The van der Waals surface area contributed by atoms with Crippen LogP contribution in [0.25, 0.3) is 11.2 Å². The quantitative estimate of drug-likeness (QED) is 0.344. The van der Waals surface area contributed by atoms with E-state index >= 15 is 0 Å². The zero-order valence-corrected chi connectivity index (χ0v) is 19.8. The van der Waals surface area contributed by atoms with Gasteiger partial charge in [-0.2, -0.15) is 0 Å². The highest BCUT2D eigenvalue weighted by Crippen LogP contribution is 2.16. The van der Waals surface area contributed by atoms with Crippen LogP contribution in [0, 0.1) is 0 Å². The lowest BCUT2D eigenvalue weighted by Crippen LogP contribution is -2.39. The predicted molar refractivity (Wildman–Crippen MR) is 129 cm³/mol. The molecule has 0 amide bonds. The summed E-state index contributed by atoms with van der Waals surface area (Å²) in [6.45, 7) is 3.97. The highest BCUT2D eigenvalue weighted by atomic mass is 35.5. The molecule has 0 aliphatic rings. The Morgan fingerprint density at radius 3 is 2.38 bits per heavy atom. The lowest BCUT2D eigenvalue weighted by Gasteiger charge is -2.10. The van der Waals surface area contributed by atoms with Gasteiger partial charge in [-0.1, -0.05) is 50.6 Å². The molecular weight excluding hydrogens is 428 g/mol. The van der Waals surface area contributed by atoms with Gasteiger partial charge >= 0.3 is 5.69 Å². The van der Waals surface area contributed by atoms with Crippen molar-refractivity contribution in [1.82, 2.24) is 18.7 Å². The predicted octanol–water partition coefficient (Wildman–Crippen LogP) is 4.77. The maximum atomic E-state index is 13.1. The van der Waals surface area contributed by atoms with Gasteiger partial charge in [0, 0.05) is 25.2 Å². The molecule has 0 N–H and O–H groups in total. The minimum atomic E-state index is -0.301. The van der Waals surface area contributed by atoms with Crippen molar-refractivity contribution in [3.05, 3.63) is 56.5 Å². The minimum Gasteiger partial charge on any atom is -0.494 e. The highest BCUT2D eigenvalue weighted by molar-refractivity contribution is 6.30. The standard InChI is InChI=1S/C24H33ClN4O3/c1-3-4-5-8-15-28-18-26-22-21(28)23(30)29(24(31)27(22)2)16-9-6-7-10-17-32-20-13-11-19(25)12-14-20/h11-14,18H,3-10,15-17H2,1-2H3. The Kier molecular flexibility index (Phi) is 8.97. The number of benzene rings is 1. The SMILES string of the molecule is CCCCCCn1cnc2c1c(=O)n(CCCCCCOc1ccc(Cl)cc1)c(=O)n2C. The number of aromatic nitrogens is 4. The van der Waals surface area contributed by atoms with Crippen LogP contribution in [-0.4, -0.2) is 25.3 Å². The second-order valence-electron chi connectivity index (χ2n) is 8.19. The number of aryl methyl sites for hydroxylation is 2. The maximum absolute atomic E-state index is 13.1. The van der Waals surface area contributed by atoms with Gasteiger partial charge in [-0.3, -0.25) is 13.9 Å². The number of fused-ring (bicyclic) bond motifs is 1. The minimum absolute atomic E-state index is 0.234. The molecule has 0 aliphatic carbocycles. The summed E-state index contributed by atoms with van der Waals surface area (Å²) < 4.78 is 10.4. The van der Waals surface area contributed by atoms with Gasteiger partial charge in [-0.25, -0.2) is 9.78 Å². The van der Waals surface area contributed by atoms with Crippen LogP contribution >= 0.6 is 11.6 Å². The topological polar surface area (TPSA) is 71.1 Å². The first-order chi connectivity index (χ1) is 15.5. The van der Waals surface area contributed by atoms with Gasteiger partial charge in [0.05, 0.1) is 12.9 Å². The Morgan fingerprint density at radius 1 is 0.938 bits per heavy atom. The van der Waals surface area contributed by atoms with Gasteiger partial charge < -0.3 is 9.30 Å². The third kappa shape index (κ3) is 6.03. The average molecular weight is 461 g/mol. The molecule has 2 aromatic heterocycles. The third-order valence-corrected chi connectivity index (χ3v) is 5.96. The summed E-state index contributed by atoms with van der Waals surface area (Å²) in [5, 5.41) is 0.691. The van der Waals surface area contributed by atoms with Crippen molar-refractivity contribution in [1.29, 1.82) is 0 Å². The fourth-order valence-corrected chi connectivity index (χ4v) is 3.97. The van der Waals surface area contributed by atoms with Gasteiger partial charge in [0.15, 0.2) is 11.2 Å². The number of halogens is 1. The summed E-state index contributed by atoms with van der Waals surface area (Å²) in [5.41, 5.74) is 0.457. The second-order valence-corrected chi connectivity index (χ2v) is 8.62. The number of rotatable bonds is 13. The van der Waals surface area contributed by atoms with E-state index in [9.17, 15) is 9.59 Å². The fraction of sp³-hybridized carbons (Fsp3) is 0.542. The van der Waals surface area contributed by atoms with Crippen LogP contribution in [0.2, 0.25) is 5.02 Å². The molecular formula is C24H33ClN4O3. The third-order valence-electron chi connectivity index (χ3n) is 5.71. The van der Waals surface area contributed by atoms with Crippen LogP contribution in [0.3, 0.4) is 0 Å². The normalized spacial score (nSPS) is 11.3. The molecule has 0 atom stereocenters. The van der Waals surface area contributed by atoms with E-state index in [1.807, 2.05) is 28.8 Å². The Morgan fingerprint density at radius 2 is 1.62 bits per heavy atom. The number of hydrogen-bond acceptors (Lipinski definition) is 4. The first kappa shape index (κ1) is 24.1. The molecule has 2 heterocycles. The largest absolute Gasteiger partial charge is 0.494 e. The number of ether oxygens (including phenoxy) is 1. The van der Waals surface area contributed by atoms with Crippen molar-refractivity contribution in [2.24, 2.45) is 7.05 Å². The van der Waals surface area contributed by atoms with E-state index in [0.29, 0.717) is 29.3 Å². The zero-order chi connectivity index (χ0) is 22.9. The van der Waals surface area contributed by atoms with Crippen LogP contribution in [0.1, 0.15) is 58.3 Å². The average Bonchev–Trinajstić information content (AvgIpc) is 3.22. The molecule has 32 heavy (non-hydrogen) atoms. The Balaban J connectivity index is 1.54. The fourth-order valence-electron chi connectivity index (χ4n) is 3.84. The molecule has 3 rings (SSSR count). The Labute approximate surface area is 193 Å². The molecule has 0 radical (unpaired) electrons. The Bertz CT molecular complexity index is 1120. The number of nitrogens with zero attached hydrogens (tertiary/aromatic N) is 4. The van der Waals surface area contributed by atoms with Gasteiger partial charge in [0.1, 0.15) is 5.75 Å². The first-order valence-electron chi connectivity index (χ1n) is 11.6. The van der Waals surface area contributed by atoms with E-state index in [1.165, 1.54) is 22.0 Å². The molecule has 7 nitrogen and oxygen atoms in total. The molecule has 0 fully saturated rings. The molecule has 0 spiro atoms. The van der Waals surface area contributed by atoms with E-state index in [1.54, 1.807) is 13.4 Å². The van der Waals surface area contributed by atoms with Crippen molar-refractivity contribution < 1.29 is 4.74 Å². The summed E-state index contributed by atoms with van der Waals surface area (Å²) in [6, 6.07) is 7.33. The molecule has 0 saturated heterocycles. The van der Waals surface area contributed by atoms with Crippen LogP contribution in [0.4, 0.5) is 0 Å². The molecule has 0 unspecified atom stereocenters. The summed E-state index contributed by atoms with van der Waals surface area (Å²) in [6.07, 6.45) is 9.73. The van der Waals surface area contributed by atoms with E-state index < -0.39 is 0 Å². The first-order valence-corrected chi connectivity index (χ1v) is 11.9. The molecule has 0 aliphatic heterocycles. The van der Waals surface area contributed by atoms with E-state index in [0.717, 1.165) is 50.8 Å². The molecule has 1 aromatic carbocycles. The van der Waals surface area contributed by atoms with Gasteiger partial charge in [0.25, 0.3) is 5.56 Å². The van der Waals surface area contributed by atoms with Crippen LogP contribution < -0.4 is 16.0 Å². The smallest absolute Gasteiger partial charge is 0.332 e. The Hall–Kier alpha value is -2.54. The molecule has 0 bridgehead atoms. The monoisotopic (exact) mass is 460 g/mol. The number of hydrogen-bond donors (Lipinski definition) is 0. The summed E-state index contributed by atoms with van der Waals surface area (Å²) in [4.78, 5) is 30.1. The molecule has 8 heteroatoms. The van der Waals surface area contributed by atoms with Crippen molar-refractivity contribution >= 4 is 22.8 Å². The number of imidazole rings is 1. The molecule has 0 saturated carbocycles. The van der Waals surface area contributed by atoms with Crippen molar-refractivity contribution in [2.45, 2.75) is 71.4 Å².